The number of aryl methyl sites for hydroxylation is 1. The Morgan fingerprint density at radius 3 is 2.52 bits per heavy atom. The lowest BCUT2D eigenvalue weighted by molar-refractivity contribution is 0.268. The summed E-state index contributed by atoms with van der Waals surface area (Å²) >= 11 is 0. The maximum absolute atomic E-state index is 13.0. The fourth-order valence-electron chi connectivity index (χ4n) is 3.85. The summed E-state index contributed by atoms with van der Waals surface area (Å²) in [5.74, 6) is 1.97. The van der Waals surface area contributed by atoms with Crippen molar-refractivity contribution in [3.05, 3.63) is 99.2 Å². The van der Waals surface area contributed by atoms with Gasteiger partial charge in [-0.2, -0.15) is 0 Å². The highest BCUT2D eigenvalue weighted by molar-refractivity contribution is 5.85. The van der Waals surface area contributed by atoms with E-state index in [1.165, 1.54) is 0 Å². The van der Waals surface area contributed by atoms with Crippen molar-refractivity contribution in [3.8, 4) is 11.5 Å². The summed E-state index contributed by atoms with van der Waals surface area (Å²) in [6.45, 7) is 2.40. The van der Waals surface area contributed by atoms with Crippen LogP contribution in [0.3, 0.4) is 0 Å². The van der Waals surface area contributed by atoms with Crippen molar-refractivity contribution in [2.24, 2.45) is 0 Å². The van der Waals surface area contributed by atoms with E-state index in [0.29, 0.717) is 40.8 Å². The molecular weight excluding hydrogens is 418 g/mol. The SMILES string of the molecule is Cc1ncccc1COc1cc(OCc2ccccc2CO)c2c(=O)cc(C3CC3)oc2c1. The first kappa shape index (κ1) is 21.2. The van der Waals surface area contributed by atoms with Crippen LogP contribution in [0.15, 0.2) is 70.0 Å². The Morgan fingerprint density at radius 2 is 1.76 bits per heavy atom. The molecule has 4 aromatic rings. The van der Waals surface area contributed by atoms with Crippen LogP contribution >= 0.6 is 0 Å². The molecule has 1 N–H and O–H groups in total. The van der Waals surface area contributed by atoms with Crippen LogP contribution in [-0.4, -0.2) is 10.1 Å². The largest absolute Gasteiger partial charge is 0.489 e. The highest BCUT2D eigenvalue weighted by Gasteiger charge is 2.27. The van der Waals surface area contributed by atoms with Gasteiger partial charge in [-0.1, -0.05) is 30.3 Å². The molecule has 5 rings (SSSR count). The van der Waals surface area contributed by atoms with E-state index in [1.54, 1.807) is 24.4 Å². The van der Waals surface area contributed by atoms with E-state index in [2.05, 4.69) is 4.98 Å². The van der Waals surface area contributed by atoms with Crippen molar-refractivity contribution in [3.63, 3.8) is 0 Å². The van der Waals surface area contributed by atoms with Crippen LogP contribution in [0.1, 0.15) is 46.9 Å². The molecule has 1 fully saturated rings. The molecule has 1 aliphatic rings. The van der Waals surface area contributed by atoms with Gasteiger partial charge in [0.1, 0.15) is 41.4 Å². The predicted octanol–water partition coefficient (Wildman–Crippen LogP) is 5.02. The van der Waals surface area contributed by atoms with Gasteiger partial charge in [0.2, 0.25) is 0 Å². The summed E-state index contributed by atoms with van der Waals surface area (Å²) in [6.07, 6.45) is 3.82. The Balaban J connectivity index is 1.50. The fourth-order valence-corrected chi connectivity index (χ4v) is 3.85. The van der Waals surface area contributed by atoms with Gasteiger partial charge in [-0.25, -0.2) is 0 Å². The van der Waals surface area contributed by atoms with Gasteiger partial charge in [-0.15, -0.1) is 0 Å². The number of aliphatic hydroxyl groups excluding tert-OH is 1. The van der Waals surface area contributed by atoms with Gasteiger partial charge in [0, 0.05) is 41.6 Å². The Morgan fingerprint density at radius 1 is 1.00 bits per heavy atom. The molecule has 33 heavy (non-hydrogen) atoms. The first-order valence-electron chi connectivity index (χ1n) is 11.1. The quantitative estimate of drug-likeness (QED) is 0.412. The average Bonchev–Trinajstić information content (AvgIpc) is 3.67. The summed E-state index contributed by atoms with van der Waals surface area (Å²) in [5, 5.41) is 10.0. The summed E-state index contributed by atoms with van der Waals surface area (Å²) in [4.78, 5) is 17.3. The third kappa shape index (κ3) is 4.61. The molecule has 6 nitrogen and oxygen atoms in total. The number of ether oxygens (including phenoxy) is 2. The average molecular weight is 443 g/mol. The molecule has 0 saturated heterocycles. The van der Waals surface area contributed by atoms with E-state index in [4.69, 9.17) is 13.9 Å². The van der Waals surface area contributed by atoms with Gasteiger partial charge in [0.05, 0.1) is 6.61 Å². The van der Waals surface area contributed by atoms with Crippen LogP contribution in [0.2, 0.25) is 0 Å². The summed E-state index contributed by atoms with van der Waals surface area (Å²) < 4.78 is 18.3. The van der Waals surface area contributed by atoms with E-state index in [9.17, 15) is 9.90 Å². The Hall–Kier alpha value is -3.64. The molecule has 2 aromatic heterocycles. The third-order valence-corrected chi connectivity index (χ3v) is 5.95. The number of pyridine rings is 1. The lowest BCUT2D eigenvalue weighted by Gasteiger charge is -2.14. The molecule has 0 atom stereocenters. The van der Waals surface area contributed by atoms with E-state index in [-0.39, 0.29) is 18.6 Å². The van der Waals surface area contributed by atoms with Crippen molar-refractivity contribution in [2.75, 3.05) is 0 Å². The molecular formula is C27H25NO5. The van der Waals surface area contributed by atoms with Crippen molar-refractivity contribution < 1.29 is 19.0 Å². The molecule has 0 unspecified atom stereocenters. The monoisotopic (exact) mass is 443 g/mol. The molecule has 6 heteroatoms. The number of hydrogen-bond acceptors (Lipinski definition) is 6. The minimum Gasteiger partial charge on any atom is -0.489 e. The maximum Gasteiger partial charge on any atom is 0.196 e. The maximum atomic E-state index is 13.0. The van der Waals surface area contributed by atoms with Gasteiger partial charge in [-0.3, -0.25) is 9.78 Å². The topological polar surface area (TPSA) is 81.8 Å². The zero-order valence-corrected chi connectivity index (χ0v) is 18.4. The molecule has 1 saturated carbocycles. The number of hydrogen-bond donors (Lipinski definition) is 1. The van der Waals surface area contributed by atoms with Crippen LogP contribution in [0.5, 0.6) is 11.5 Å². The lowest BCUT2D eigenvalue weighted by Crippen LogP contribution is -2.07. The van der Waals surface area contributed by atoms with Crippen LogP contribution in [0.25, 0.3) is 11.0 Å². The van der Waals surface area contributed by atoms with Gasteiger partial charge in [-0.05, 0) is 37.0 Å². The standard InChI is InChI=1S/C27H25NO5/c1-17-20(7-4-10-28-17)15-31-22-11-25(32-16-21-6-3-2-5-19(21)14-29)27-23(30)13-24(18-8-9-18)33-26(27)12-22/h2-7,10-13,18,29H,8-9,14-16H2,1H3. The zero-order chi connectivity index (χ0) is 22.8. The lowest BCUT2D eigenvalue weighted by atomic mass is 10.1. The zero-order valence-electron chi connectivity index (χ0n) is 18.4. The number of aromatic nitrogens is 1. The van der Waals surface area contributed by atoms with Gasteiger partial charge in [0.15, 0.2) is 5.43 Å². The highest BCUT2D eigenvalue weighted by Crippen LogP contribution is 2.41. The second kappa shape index (κ2) is 9.08. The van der Waals surface area contributed by atoms with E-state index in [1.807, 2.05) is 43.3 Å². The van der Waals surface area contributed by atoms with Crippen molar-refractivity contribution >= 4 is 11.0 Å². The minimum atomic E-state index is -0.127. The normalized spacial score (nSPS) is 13.3. The van der Waals surface area contributed by atoms with Gasteiger partial charge < -0.3 is 19.0 Å². The molecule has 0 spiro atoms. The molecule has 0 bridgehead atoms. The van der Waals surface area contributed by atoms with Crippen molar-refractivity contribution in [1.29, 1.82) is 0 Å². The number of aliphatic hydroxyl groups is 1. The van der Waals surface area contributed by atoms with Crippen molar-refractivity contribution in [1.82, 2.24) is 4.98 Å². The van der Waals surface area contributed by atoms with Crippen LogP contribution in [0, 0.1) is 6.92 Å². The number of nitrogens with zero attached hydrogens (tertiary/aromatic N) is 1. The molecule has 2 heterocycles. The van der Waals surface area contributed by atoms with Gasteiger partial charge >= 0.3 is 0 Å². The molecule has 0 radical (unpaired) electrons. The van der Waals surface area contributed by atoms with E-state index in [0.717, 1.165) is 35.2 Å². The molecule has 168 valence electrons. The summed E-state index contributed by atoms with van der Waals surface area (Å²) in [5.41, 5.74) is 3.84. The first-order valence-corrected chi connectivity index (χ1v) is 11.1. The molecule has 0 amide bonds. The Labute approximate surface area is 191 Å². The Bertz CT molecular complexity index is 1360. The second-order valence-corrected chi connectivity index (χ2v) is 8.33. The predicted molar refractivity (Wildman–Crippen MR) is 124 cm³/mol. The number of rotatable bonds is 8. The number of benzene rings is 2. The highest BCUT2D eigenvalue weighted by atomic mass is 16.5. The van der Waals surface area contributed by atoms with Crippen LogP contribution in [0.4, 0.5) is 0 Å². The summed E-state index contributed by atoms with van der Waals surface area (Å²) in [6, 6.07) is 16.4. The second-order valence-electron chi connectivity index (χ2n) is 8.33. The van der Waals surface area contributed by atoms with Crippen molar-refractivity contribution in [2.45, 2.75) is 45.5 Å². The Kier molecular flexibility index (Phi) is 5.84. The molecule has 0 aliphatic heterocycles. The smallest absolute Gasteiger partial charge is 0.196 e. The third-order valence-electron chi connectivity index (χ3n) is 5.95. The minimum absolute atomic E-state index is 0.0826. The first-order chi connectivity index (χ1) is 16.1. The van der Waals surface area contributed by atoms with Gasteiger partial charge in [0.25, 0.3) is 0 Å². The molecule has 2 aromatic carbocycles. The number of fused-ring (bicyclic) bond motifs is 1. The van der Waals surface area contributed by atoms with Crippen LogP contribution < -0.4 is 14.9 Å². The van der Waals surface area contributed by atoms with Crippen LogP contribution in [-0.2, 0) is 19.8 Å². The van der Waals surface area contributed by atoms with E-state index >= 15 is 0 Å². The fraction of sp³-hybridized carbons (Fsp3) is 0.259. The molecule has 1 aliphatic carbocycles. The summed E-state index contributed by atoms with van der Waals surface area (Å²) in [7, 11) is 0. The van der Waals surface area contributed by atoms with E-state index < -0.39 is 0 Å².